The highest BCUT2D eigenvalue weighted by Gasteiger charge is 2.50. The minimum Gasteiger partial charge on any atom is -0.387 e. The molecule has 0 bridgehead atoms. The van der Waals surface area contributed by atoms with E-state index in [1.165, 1.54) is 0 Å². The van der Waals surface area contributed by atoms with Gasteiger partial charge < -0.3 is 29.7 Å². The molecular formula is C16H30N4O6. The zero-order chi connectivity index (χ0) is 19.9. The van der Waals surface area contributed by atoms with Crippen molar-refractivity contribution in [2.24, 2.45) is 5.11 Å². The van der Waals surface area contributed by atoms with Gasteiger partial charge in [-0.05, 0) is 46.6 Å². The van der Waals surface area contributed by atoms with Crippen LogP contribution < -0.4 is 5.32 Å². The predicted octanol–water partition coefficient (Wildman–Crippen LogP) is 0.858. The van der Waals surface area contributed by atoms with Gasteiger partial charge in [0.15, 0.2) is 12.4 Å². The van der Waals surface area contributed by atoms with Gasteiger partial charge >= 0.3 is 0 Å². The van der Waals surface area contributed by atoms with E-state index in [0.717, 1.165) is 0 Å². The van der Waals surface area contributed by atoms with E-state index in [4.69, 9.17) is 19.7 Å². The summed E-state index contributed by atoms with van der Waals surface area (Å²) in [4.78, 5) is 15.2. The SMILES string of the molecule is CC(C)O[C@@H]1OC(C(=O)NCCCN=[N+]=[N-])[C@@H](OC(C)(C)C)C(O)C1O. The first kappa shape index (κ1) is 22.6. The molecule has 1 amide bonds. The van der Waals surface area contributed by atoms with Crippen LogP contribution in [0, 0.1) is 0 Å². The first-order chi connectivity index (χ1) is 12.1. The van der Waals surface area contributed by atoms with E-state index in [-0.39, 0.29) is 19.2 Å². The Bertz CT molecular complexity index is 503. The van der Waals surface area contributed by atoms with Gasteiger partial charge in [-0.15, -0.1) is 0 Å². The van der Waals surface area contributed by atoms with Crippen molar-refractivity contribution in [1.29, 1.82) is 0 Å². The fourth-order valence-corrected chi connectivity index (χ4v) is 2.48. The molecule has 150 valence electrons. The van der Waals surface area contributed by atoms with Crippen molar-refractivity contribution in [1.82, 2.24) is 5.32 Å². The third-order valence-corrected chi connectivity index (χ3v) is 3.50. The molecule has 0 saturated carbocycles. The summed E-state index contributed by atoms with van der Waals surface area (Å²) in [5.41, 5.74) is 7.58. The van der Waals surface area contributed by atoms with E-state index in [1.54, 1.807) is 34.6 Å². The first-order valence-corrected chi connectivity index (χ1v) is 8.70. The smallest absolute Gasteiger partial charge is 0.252 e. The molecule has 1 fully saturated rings. The summed E-state index contributed by atoms with van der Waals surface area (Å²) in [5.74, 6) is -0.497. The summed E-state index contributed by atoms with van der Waals surface area (Å²) in [7, 11) is 0. The number of amides is 1. The van der Waals surface area contributed by atoms with Crippen LogP contribution in [-0.4, -0.2) is 71.6 Å². The largest absolute Gasteiger partial charge is 0.387 e. The lowest BCUT2D eigenvalue weighted by Gasteiger charge is -2.44. The quantitative estimate of drug-likeness (QED) is 0.248. The van der Waals surface area contributed by atoms with Crippen molar-refractivity contribution in [3.05, 3.63) is 10.4 Å². The second kappa shape index (κ2) is 10.1. The van der Waals surface area contributed by atoms with Crippen LogP contribution >= 0.6 is 0 Å². The summed E-state index contributed by atoms with van der Waals surface area (Å²) in [6, 6.07) is 0. The maximum absolute atomic E-state index is 12.5. The van der Waals surface area contributed by atoms with Crippen LogP contribution in [0.15, 0.2) is 5.11 Å². The number of ether oxygens (including phenoxy) is 3. The molecular weight excluding hydrogens is 344 g/mol. The third-order valence-electron chi connectivity index (χ3n) is 3.50. The van der Waals surface area contributed by atoms with Crippen molar-refractivity contribution >= 4 is 5.91 Å². The molecule has 1 heterocycles. The number of azide groups is 1. The van der Waals surface area contributed by atoms with Crippen LogP contribution in [-0.2, 0) is 19.0 Å². The Labute approximate surface area is 153 Å². The van der Waals surface area contributed by atoms with Gasteiger partial charge in [-0.25, -0.2) is 0 Å². The fourth-order valence-electron chi connectivity index (χ4n) is 2.48. The topological polar surface area (TPSA) is 146 Å². The Balaban J connectivity index is 2.87. The molecule has 10 heteroatoms. The van der Waals surface area contributed by atoms with Gasteiger partial charge in [0.2, 0.25) is 0 Å². The number of rotatable bonds is 8. The minimum absolute atomic E-state index is 0.255. The molecule has 1 aliphatic heterocycles. The number of carbonyl (C=O) groups excluding carboxylic acids is 1. The molecule has 26 heavy (non-hydrogen) atoms. The average Bonchev–Trinajstić information content (AvgIpc) is 2.52. The van der Waals surface area contributed by atoms with Crippen molar-refractivity contribution in [2.75, 3.05) is 13.1 Å². The van der Waals surface area contributed by atoms with Gasteiger partial charge in [0, 0.05) is 18.0 Å². The molecule has 5 atom stereocenters. The first-order valence-electron chi connectivity index (χ1n) is 8.70. The predicted molar refractivity (Wildman–Crippen MR) is 93.2 cm³/mol. The van der Waals surface area contributed by atoms with Crippen LogP contribution in [0.2, 0.25) is 0 Å². The van der Waals surface area contributed by atoms with E-state index in [2.05, 4.69) is 15.3 Å². The van der Waals surface area contributed by atoms with Crippen LogP contribution in [0.1, 0.15) is 41.0 Å². The maximum Gasteiger partial charge on any atom is 0.252 e. The standard InChI is InChI=1S/C16H30N4O6/c1-9(2)24-15-11(22)10(21)12(26-16(3,4)5)13(25-15)14(23)18-7-6-8-19-20-17/h9-13,15,21-22H,6-8H2,1-5H3,(H,18,23)/t10?,11?,12-,13?,15+/m0/s1. The normalized spacial score (nSPS) is 29.3. The van der Waals surface area contributed by atoms with Crippen molar-refractivity contribution in [2.45, 2.75) is 83.5 Å². The summed E-state index contributed by atoms with van der Waals surface area (Å²) in [6.45, 7) is 9.36. The van der Waals surface area contributed by atoms with E-state index >= 15 is 0 Å². The van der Waals surface area contributed by atoms with Gasteiger partial charge in [-0.2, -0.15) is 0 Å². The monoisotopic (exact) mass is 374 g/mol. The number of hydrogen-bond acceptors (Lipinski definition) is 7. The highest BCUT2D eigenvalue weighted by Crippen LogP contribution is 2.28. The highest BCUT2D eigenvalue weighted by molar-refractivity contribution is 5.81. The van der Waals surface area contributed by atoms with Crippen LogP contribution in [0.25, 0.3) is 10.4 Å². The summed E-state index contributed by atoms with van der Waals surface area (Å²) < 4.78 is 16.9. The number of nitrogens with one attached hydrogen (secondary N) is 1. The zero-order valence-electron chi connectivity index (χ0n) is 16.0. The van der Waals surface area contributed by atoms with Crippen molar-refractivity contribution < 1.29 is 29.2 Å². The lowest BCUT2D eigenvalue weighted by molar-refractivity contribution is -0.313. The van der Waals surface area contributed by atoms with E-state index in [0.29, 0.717) is 6.42 Å². The number of nitrogens with zero attached hydrogens (tertiary/aromatic N) is 3. The fraction of sp³-hybridized carbons (Fsp3) is 0.938. The Kier molecular flexibility index (Phi) is 8.75. The molecule has 1 saturated heterocycles. The molecule has 0 spiro atoms. The van der Waals surface area contributed by atoms with Crippen molar-refractivity contribution in [3.8, 4) is 0 Å². The maximum atomic E-state index is 12.5. The Morgan fingerprint density at radius 1 is 1.35 bits per heavy atom. The molecule has 10 nitrogen and oxygen atoms in total. The van der Waals surface area contributed by atoms with Gasteiger partial charge in [0.25, 0.3) is 5.91 Å². The molecule has 0 aliphatic carbocycles. The molecule has 1 aliphatic rings. The molecule has 3 unspecified atom stereocenters. The lowest BCUT2D eigenvalue weighted by Crippen LogP contribution is -2.64. The van der Waals surface area contributed by atoms with Crippen molar-refractivity contribution in [3.63, 3.8) is 0 Å². The Hall–Kier alpha value is -1.42. The minimum atomic E-state index is -1.36. The van der Waals surface area contributed by atoms with Crippen LogP contribution in [0.5, 0.6) is 0 Å². The second-order valence-corrected chi connectivity index (χ2v) is 7.38. The Morgan fingerprint density at radius 3 is 2.54 bits per heavy atom. The number of hydrogen-bond donors (Lipinski definition) is 3. The number of aliphatic hydroxyl groups is 2. The van der Waals surface area contributed by atoms with Gasteiger partial charge in [-0.3, -0.25) is 4.79 Å². The molecule has 3 N–H and O–H groups in total. The van der Waals surface area contributed by atoms with E-state index in [1.807, 2.05) is 0 Å². The molecule has 0 radical (unpaired) electrons. The molecule has 0 aromatic carbocycles. The van der Waals surface area contributed by atoms with E-state index in [9.17, 15) is 15.0 Å². The molecule has 0 aromatic heterocycles. The van der Waals surface area contributed by atoms with Gasteiger partial charge in [0.05, 0.1) is 11.7 Å². The lowest BCUT2D eigenvalue weighted by atomic mass is 9.96. The summed E-state index contributed by atoms with van der Waals surface area (Å²) >= 11 is 0. The van der Waals surface area contributed by atoms with Gasteiger partial charge in [0.1, 0.15) is 18.3 Å². The third kappa shape index (κ3) is 7.06. The highest BCUT2D eigenvalue weighted by atomic mass is 16.7. The summed E-state index contributed by atoms with van der Waals surface area (Å²) in [5, 5.41) is 26.8. The average molecular weight is 374 g/mol. The molecule has 1 rings (SSSR count). The van der Waals surface area contributed by atoms with E-state index < -0.39 is 42.2 Å². The second-order valence-electron chi connectivity index (χ2n) is 7.38. The summed E-state index contributed by atoms with van der Waals surface area (Å²) in [6.07, 6.45) is -5.88. The van der Waals surface area contributed by atoms with Crippen LogP contribution in [0.4, 0.5) is 0 Å². The zero-order valence-corrected chi connectivity index (χ0v) is 16.0. The van der Waals surface area contributed by atoms with Crippen LogP contribution in [0.3, 0.4) is 0 Å². The number of carbonyl (C=O) groups is 1. The Morgan fingerprint density at radius 2 is 2.00 bits per heavy atom. The molecule has 0 aromatic rings. The van der Waals surface area contributed by atoms with Gasteiger partial charge in [-0.1, -0.05) is 5.11 Å². The number of aliphatic hydroxyl groups excluding tert-OH is 2.